The van der Waals surface area contributed by atoms with E-state index in [0.717, 1.165) is 24.5 Å². The lowest BCUT2D eigenvalue weighted by molar-refractivity contribution is 0.100. The van der Waals surface area contributed by atoms with E-state index < -0.39 is 0 Å². The summed E-state index contributed by atoms with van der Waals surface area (Å²) in [5, 5.41) is 7.55. The third kappa shape index (κ3) is 3.44. The van der Waals surface area contributed by atoms with Gasteiger partial charge in [-0.05, 0) is 43.2 Å². The molecule has 4 nitrogen and oxygen atoms in total. The number of nitrogens with two attached hydrogens (primary N) is 1. The Hall–Kier alpha value is -1.71. The van der Waals surface area contributed by atoms with E-state index in [0.29, 0.717) is 17.2 Å². The minimum atomic E-state index is 0.0272. The molecule has 2 rings (SSSR count). The summed E-state index contributed by atoms with van der Waals surface area (Å²) in [6.07, 6.45) is 3.61. The number of nitrogen functional groups attached to an aromatic ring is 1. The van der Waals surface area contributed by atoms with E-state index in [1.165, 1.54) is 6.42 Å². The lowest BCUT2D eigenvalue weighted by Gasteiger charge is -2.32. The fourth-order valence-electron chi connectivity index (χ4n) is 2.71. The molecular weight excluding hydrogens is 252 g/mol. The Bertz CT molecular complexity index is 487. The summed E-state index contributed by atoms with van der Waals surface area (Å²) in [4.78, 5) is 0. The summed E-state index contributed by atoms with van der Waals surface area (Å²) in [7, 11) is 1.60. The molecule has 1 aromatic rings. The van der Waals surface area contributed by atoms with Crippen LogP contribution in [0.4, 0.5) is 0 Å². The highest BCUT2D eigenvalue weighted by Gasteiger charge is 2.25. The third-order valence-electron chi connectivity index (χ3n) is 4.28. The van der Waals surface area contributed by atoms with E-state index in [4.69, 9.17) is 20.6 Å². The topological polar surface area (TPSA) is 68.3 Å². The molecule has 3 unspecified atom stereocenters. The Morgan fingerprint density at radius 3 is 2.45 bits per heavy atom. The summed E-state index contributed by atoms with van der Waals surface area (Å²) in [6.45, 7) is 4.59. The molecule has 0 saturated heterocycles. The highest BCUT2D eigenvalue weighted by molar-refractivity contribution is 5.95. The molecule has 0 bridgehead atoms. The number of hydrogen-bond acceptors (Lipinski definition) is 3. The second-order valence-electron chi connectivity index (χ2n) is 5.82. The molecule has 1 aromatic carbocycles. The number of benzene rings is 1. The second kappa shape index (κ2) is 6.16. The average molecular weight is 276 g/mol. The lowest BCUT2D eigenvalue weighted by atomic mass is 9.80. The van der Waals surface area contributed by atoms with Crippen molar-refractivity contribution in [1.29, 1.82) is 5.41 Å². The number of amidine groups is 1. The summed E-state index contributed by atoms with van der Waals surface area (Å²) in [5.74, 6) is 2.89. The number of ether oxygens (including phenoxy) is 2. The molecule has 1 saturated carbocycles. The predicted molar refractivity (Wildman–Crippen MR) is 80.6 cm³/mol. The zero-order valence-electron chi connectivity index (χ0n) is 12.5. The van der Waals surface area contributed by atoms with Crippen molar-refractivity contribution in [2.45, 2.75) is 39.2 Å². The zero-order valence-corrected chi connectivity index (χ0v) is 12.5. The summed E-state index contributed by atoms with van der Waals surface area (Å²) >= 11 is 0. The van der Waals surface area contributed by atoms with Gasteiger partial charge in [-0.2, -0.15) is 0 Å². The quantitative estimate of drug-likeness (QED) is 0.655. The number of methoxy groups -OCH3 is 1. The zero-order chi connectivity index (χ0) is 14.7. The van der Waals surface area contributed by atoms with Gasteiger partial charge in [-0.15, -0.1) is 0 Å². The lowest BCUT2D eigenvalue weighted by Crippen LogP contribution is -2.28. The van der Waals surface area contributed by atoms with Crippen LogP contribution in [0.2, 0.25) is 0 Å². The van der Waals surface area contributed by atoms with Crippen LogP contribution in [-0.2, 0) is 0 Å². The molecule has 1 fully saturated rings. The molecule has 4 heteroatoms. The van der Waals surface area contributed by atoms with Crippen LogP contribution in [0.15, 0.2) is 18.2 Å². The maximum atomic E-state index is 7.55. The number of hydrogen-bond donors (Lipinski definition) is 2. The van der Waals surface area contributed by atoms with Crippen molar-refractivity contribution < 1.29 is 9.47 Å². The molecule has 0 aliphatic heterocycles. The Morgan fingerprint density at radius 1 is 1.15 bits per heavy atom. The van der Waals surface area contributed by atoms with Gasteiger partial charge in [-0.1, -0.05) is 13.8 Å². The SMILES string of the molecule is COc1cc(OC2CCC(C)C(C)C2)cc(C(=N)N)c1. The molecule has 0 aromatic heterocycles. The van der Waals surface area contributed by atoms with Crippen LogP contribution in [0, 0.1) is 17.2 Å². The summed E-state index contributed by atoms with van der Waals surface area (Å²) in [5.41, 5.74) is 6.19. The fourth-order valence-corrected chi connectivity index (χ4v) is 2.71. The van der Waals surface area contributed by atoms with Gasteiger partial charge < -0.3 is 15.2 Å². The van der Waals surface area contributed by atoms with Crippen molar-refractivity contribution in [3.63, 3.8) is 0 Å². The average Bonchev–Trinajstić information content (AvgIpc) is 2.42. The molecule has 1 aliphatic carbocycles. The largest absolute Gasteiger partial charge is 0.497 e. The van der Waals surface area contributed by atoms with E-state index in [1.54, 1.807) is 13.2 Å². The normalized spacial score (nSPS) is 26.1. The molecule has 0 heterocycles. The van der Waals surface area contributed by atoms with Gasteiger partial charge in [0.05, 0.1) is 13.2 Å². The van der Waals surface area contributed by atoms with E-state index in [2.05, 4.69) is 13.8 Å². The number of rotatable bonds is 4. The first-order chi connectivity index (χ1) is 9.49. The Kier molecular flexibility index (Phi) is 4.53. The molecular formula is C16H24N2O2. The van der Waals surface area contributed by atoms with Gasteiger partial charge in [-0.25, -0.2) is 0 Å². The van der Waals surface area contributed by atoms with Gasteiger partial charge in [0.15, 0.2) is 0 Å². The molecule has 110 valence electrons. The van der Waals surface area contributed by atoms with Crippen LogP contribution in [-0.4, -0.2) is 19.0 Å². The fraction of sp³-hybridized carbons (Fsp3) is 0.562. The van der Waals surface area contributed by atoms with Crippen LogP contribution in [0.3, 0.4) is 0 Å². The van der Waals surface area contributed by atoms with Crippen LogP contribution < -0.4 is 15.2 Å². The van der Waals surface area contributed by atoms with Crippen molar-refractivity contribution in [2.24, 2.45) is 17.6 Å². The van der Waals surface area contributed by atoms with Gasteiger partial charge in [0.25, 0.3) is 0 Å². The molecule has 0 amide bonds. The summed E-state index contributed by atoms with van der Waals surface area (Å²) in [6, 6.07) is 5.42. The van der Waals surface area contributed by atoms with Gasteiger partial charge in [0.2, 0.25) is 0 Å². The predicted octanol–water partition coefficient (Wildman–Crippen LogP) is 3.18. The highest BCUT2D eigenvalue weighted by atomic mass is 16.5. The first kappa shape index (κ1) is 14.7. The van der Waals surface area contributed by atoms with Crippen LogP contribution >= 0.6 is 0 Å². The molecule has 1 aliphatic rings. The molecule has 20 heavy (non-hydrogen) atoms. The maximum Gasteiger partial charge on any atom is 0.124 e. The Morgan fingerprint density at radius 2 is 1.85 bits per heavy atom. The van der Waals surface area contributed by atoms with Crippen molar-refractivity contribution in [2.75, 3.05) is 7.11 Å². The standard InChI is InChI=1S/C16H24N2O2/c1-10-4-5-13(6-11(10)2)20-15-8-12(16(17)18)7-14(9-15)19-3/h7-11,13H,4-6H2,1-3H3,(H3,17,18). The van der Waals surface area contributed by atoms with E-state index in [1.807, 2.05) is 12.1 Å². The van der Waals surface area contributed by atoms with Crippen molar-refractivity contribution in [3.8, 4) is 11.5 Å². The minimum absolute atomic E-state index is 0.0272. The summed E-state index contributed by atoms with van der Waals surface area (Å²) < 4.78 is 11.3. The van der Waals surface area contributed by atoms with Gasteiger partial charge >= 0.3 is 0 Å². The van der Waals surface area contributed by atoms with E-state index in [9.17, 15) is 0 Å². The van der Waals surface area contributed by atoms with Gasteiger partial charge in [0.1, 0.15) is 17.3 Å². The van der Waals surface area contributed by atoms with Gasteiger partial charge in [0, 0.05) is 11.6 Å². The Balaban J connectivity index is 2.12. The van der Waals surface area contributed by atoms with Crippen LogP contribution in [0.1, 0.15) is 38.7 Å². The molecule has 3 N–H and O–H groups in total. The van der Waals surface area contributed by atoms with Gasteiger partial charge in [-0.3, -0.25) is 5.41 Å². The van der Waals surface area contributed by atoms with E-state index in [-0.39, 0.29) is 11.9 Å². The Labute approximate surface area is 120 Å². The number of nitrogens with one attached hydrogen (secondary N) is 1. The smallest absolute Gasteiger partial charge is 0.124 e. The third-order valence-corrected chi connectivity index (χ3v) is 4.28. The molecule has 3 atom stereocenters. The first-order valence-electron chi connectivity index (χ1n) is 7.19. The minimum Gasteiger partial charge on any atom is -0.497 e. The van der Waals surface area contributed by atoms with Crippen LogP contribution in [0.25, 0.3) is 0 Å². The molecule has 0 radical (unpaired) electrons. The van der Waals surface area contributed by atoms with E-state index >= 15 is 0 Å². The van der Waals surface area contributed by atoms with Crippen molar-refractivity contribution >= 4 is 5.84 Å². The van der Waals surface area contributed by atoms with Crippen molar-refractivity contribution in [3.05, 3.63) is 23.8 Å². The second-order valence-corrected chi connectivity index (χ2v) is 5.82. The monoisotopic (exact) mass is 276 g/mol. The highest BCUT2D eigenvalue weighted by Crippen LogP contribution is 2.33. The van der Waals surface area contributed by atoms with Crippen LogP contribution in [0.5, 0.6) is 11.5 Å². The first-order valence-corrected chi connectivity index (χ1v) is 7.19. The van der Waals surface area contributed by atoms with Crippen molar-refractivity contribution in [1.82, 2.24) is 0 Å². The molecule has 0 spiro atoms. The maximum absolute atomic E-state index is 7.55.